The Hall–Kier alpha value is -1.88. The predicted molar refractivity (Wildman–Crippen MR) is 71.3 cm³/mol. The van der Waals surface area contributed by atoms with Crippen molar-refractivity contribution in [2.24, 2.45) is 7.05 Å². The second kappa shape index (κ2) is 5.18. The van der Waals surface area contributed by atoms with E-state index < -0.39 is 0 Å². The predicted octanol–water partition coefficient (Wildman–Crippen LogP) is 2.00. The molecule has 1 unspecified atom stereocenters. The number of para-hydroxylation sites is 1. The maximum atomic E-state index is 9.70. The highest BCUT2D eigenvalue weighted by molar-refractivity contribution is 7.80. The Morgan fingerprint density at radius 2 is 2.17 bits per heavy atom. The number of imidazole rings is 1. The average Bonchev–Trinajstić information content (AvgIpc) is 2.76. The monoisotopic (exact) mass is 263 g/mol. The molecule has 2 N–H and O–H groups in total. The first-order chi connectivity index (χ1) is 8.59. The second-order valence-electron chi connectivity index (χ2n) is 4.02. The fourth-order valence-electron chi connectivity index (χ4n) is 1.75. The molecule has 0 amide bonds. The zero-order valence-corrected chi connectivity index (χ0v) is 11.1. The Labute approximate surface area is 111 Å². The van der Waals surface area contributed by atoms with Gasteiger partial charge in [0.15, 0.2) is 11.2 Å². The number of aromatic amines is 1. The van der Waals surface area contributed by atoms with E-state index >= 15 is 0 Å². The summed E-state index contributed by atoms with van der Waals surface area (Å²) >= 11 is 5.20. The first-order valence-electron chi connectivity index (χ1n) is 5.61. The van der Waals surface area contributed by atoms with Crippen molar-refractivity contribution in [1.29, 1.82) is 0 Å². The maximum absolute atomic E-state index is 9.70. The highest BCUT2D eigenvalue weighted by atomic mass is 32.1. The third-order valence-corrected chi connectivity index (χ3v) is 3.02. The normalized spacial score (nSPS) is 12.1. The van der Waals surface area contributed by atoms with Gasteiger partial charge >= 0.3 is 0 Å². The lowest BCUT2D eigenvalue weighted by molar-refractivity contribution is -0.681. The van der Waals surface area contributed by atoms with Crippen LogP contribution in [0.2, 0.25) is 0 Å². The summed E-state index contributed by atoms with van der Waals surface area (Å²) in [6.07, 6.45) is 3.52. The number of phenolic OH excluding ortho intramolecular Hbond substituents is 1. The van der Waals surface area contributed by atoms with Gasteiger partial charge in [0, 0.05) is 0 Å². The van der Waals surface area contributed by atoms with E-state index in [9.17, 15) is 5.11 Å². The van der Waals surface area contributed by atoms with Gasteiger partial charge in [-0.15, -0.1) is 0 Å². The maximum Gasteiger partial charge on any atom is 0.295 e. The molecule has 94 valence electrons. The van der Waals surface area contributed by atoms with Crippen molar-refractivity contribution in [3.63, 3.8) is 0 Å². The van der Waals surface area contributed by atoms with Crippen LogP contribution < -0.4 is 4.57 Å². The van der Waals surface area contributed by atoms with Gasteiger partial charge in [-0.05, 0) is 31.3 Å². The molecular weight excluding hydrogens is 248 g/mol. The molecule has 2 rings (SSSR count). The minimum absolute atomic E-state index is 0.130. The van der Waals surface area contributed by atoms with Gasteiger partial charge in [0.2, 0.25) is 0 Å². The van der Waals surface area contributed by atoms with Gasteiger partial charge in [-0.25, -0.2) is 9.55 Å². The van der Waals surface area contributed by atoms with Crippen LogP contribution in [0.25, 0.3) is 0 Å². The summed E-state index contributed by atoms with van der Waals surface area (Å²) in [6, 6.07) is 6.88. The van der Waals surface area contributed by atoms with Gasteiger partial charge in [0.1, 0.15) is 18.1 Å². The number of hydrogen-bond donors (Lipinski definition) is 2. The number of aryl methyl sites for hydroxylation is 1. The van der Waals surface area contributed by atoms with Crippen LogP contribution in [0, 0.1) is 0 Å². The largest absolute Gasteiger partial charge is 0.507 e. The van der Waals surface area contributed by atoms with Crippen molar-refractivity contribution in [2.75, 3.05) is 0 Å². The van der Waals surface area contributed by atoms with E-state index in [0.717, 1.165) is 5.82 Å². The zero-order chi connectivity index (χ0) is 13.1. The molecular formula is C13H15N2O2S+. The number of phenols is 1. The first kappa shape index (κ1) is 12.6. The molecule has 0 bridgehead atoms. The molecule has 4 nitrogen and oxygen atoms in total. The summed E-state index contributed by atoms with van der Waals surface area (Å²) in [7, 11) is 1.93. The number of benzene rings is 1. The quantitative estimate of drug-likeness (QED) is 0.658. The molecule has 0 radical (unpaired) electrons. The van der Waals surface area contributed by atoms with E-state index in [0.29, 0.717) is 5.56 Å². The second-order valence-corrected chi connectivity index (χ2v) is 4.39. The lowest BCUT2D eigenvalue weighted by atomic mass is 10.2. The molecule has 0 aliphatic heterocycles. The summed E-state index contributed by atoms with van der Waals surface area (Å²) in [5.41, 5.74) is 0.536. The minimum Gasteiger partial charge on any atom is -0.507 e. The minimum atomic E-state index is -0.211. The molecule has 1 aromatic carbocycles. The topological polar surface area (TPSA) is 49.1 Å². The standard InChI is InChI=1S/C13H14N2O2S/c1-9(12-14-7-8-15(12)2)17-13(18)10-5-3-4-6-11(10)16/h3-9H,1-2H3,(H,16,18)/p+1. The molecule has 0 saturated carbocycles. The van der Waals surface area contributed by atoms with E-state index in [4.69, 9.17) is 17.0 Å². The molecule has 1 aromatic heterocycles. The molecule has 1 atom stereocenters. The number of rotatable bonds is 3. The van der Waals surface area contributed by atoms with Crippen LogP contribution in [-0.4, -0.2) is 15.1 Å². The Bertz CT molecular complexity index is 566. The number of nitrogens with one attached hydrogen (secondary N) is 1. The van der Waals surface area contributed by atoms with Crippen LogP contribution in [0.4, 0.5) is 0 Å². The third-order valence-electron chi connectivity index (χ3n) is 2.70. The summed E-state index contributed by atoms with van der Waals surface area (Å²) in [6.45, 7) is 1.90. The fraction of sp³-hybridized carbons (Fsp3) is 0.231. The highest BCUT2D eigenvalue weighted by Gasteiger charge is 2.20. The lowest BCUT2D eigenvalue weighted by Crippen LogP contribution is -2.32. The molecule has 2 aromatic rings. The third kappa shape index (κ3) is 2.51. The average molecular weight is 263 g/mol. The first-order valence-corrected chi connectivity index (χ1v) is 6.02. The van der Waals surface area contributed by atoms with Crippen molar-refractivity contribution in [3.8, 4) is 5.75 Å². The molecule has 18 heavy (non-hydrogen) atoms. The molecule has 0 aliphatic carbocycles. The number of H-pyrrole nitrogens is 1. The molecule has 0 spiro atoms. The zero-order valence-electron chi connectivity index (χ0n) is 10.3. The molecule has 1 heterocycles. The number of aromatic hydroxyl groups is 1. The van der Waals surface area contributed by atoms with Crippen molar-refractivity contribution in [2.45, 2.75) is 13.0 Å². The Balaban J connectivity index is 2.13. The molecule has 0 saturated heterocycles. The van der Waals surface area contributed by atoms with Crippen molar-refractivity contribution < 1.29 is 14.4 Å². The van der Waals surface area contributed by atoms with Gasteiger partial charge in [-0.3, -0.25) is 0 Å². The van der Waals surface area contributed by atoms with Crippen LogP contribution in [-0.2, 0) is 11.8 Å². The highest BCUT2D eigenvalue weighted by Crippen LogP contribution is 2.21. The number of thiocarbonyl (C=S) groups is 1. The molecule has 0 fully saturated rings. The van der Waals surface area contributed by atoms with Gasteiger partial charge in [0.05, 0.1) is 12.6 Å². The summed E-state index contributed by atoms with van der Waals surface area (Å²) < 4.78 is 7.59. The van der Waals surface area contributed by atoms with Crippen LogP contribution in [0.1, 0.15) is 24.4 Å². The van der Waals surface area contributed by atoms with Crippen LogP contribution in [0.3, 0.4) is 0 Å². The van der Waals surface area contributed by atoms with Gasteiger partial charge in [-0.1, -0.05) is 12.1 Å². The smallest absolute Gasteiger partial charge is 0.295 e. The lowest BCUT2D eigenvalue weighted by Gasteiger charge is -2.12. The van der Waals surface area contributed by atoms with Crippen molar-refractivity contribution in [1.82, 2.24) is 4.98 Å². The van der Waals surface area contributed by atoms with Gasteiger partial charge < -0.3 is 9.84 Å². The van der Waals surface area contributed by atoms with E-state index in [-0.39, 0.29) is 16.9 Å². The Morgan fingerprint density at radius 3 is 2.78 bits per heavy atom. The molecule has 0 aliphatic rings. The number of nitrogens with zero attached hydrogens (tertiary/aromatic N) is 1. The van der Waals surface area contributed by atoms with E-state index in [1.165, 1.54) is 0 Å². The Kier molecular flexibility index (Phi) is 3.62. The number of ether oxygens (including phenoxy) is 1. The van der Waals surface area contributed by atoms with Crippen molar-refractivity contribution in [3.05, 3.63) is 48.0 Å². The number of hydrogen-bond acceptors (Lipinski definition) is 3. The summed E-state index contributed by atoms with van der Waals surface area (Å²) in [5, 5.41) is 9.99. The van der Waals surface area contributed by atoms with Crippen LogP contribution >= 0.6 is 12.2 Å². The molecule has 5 heteroatoms. The van der Waals surface area contributed by atoms with E-state index in [2.05, 4.69) is 4.98 Å². The van der Waals surface area contributed by atoms with Gasteiger partial charge in [-0.2, -0.15) is 0 Å². The van der Waals surface area contributed by atoms with Crippen LogP contribution in [0.5, 0.6) is 5.75 Å². The Morgan fingerprint density at radius 1 is 1.44 bits per heavy atom. The van der Waals surface area contributed by atoms with E-state index in [1.54, 1.807) is 18.2 Å². The summed E-state index contributed by atoms with van der Waals surface area (Å²) in [5.74, 6) is 1.04. The summed E-state index contributed by atoms with van der Waals surface area (Å²) in [4.78, 5) is 3.09. The SMILES string of the molecule is CC(OC(=S)c1ccccc1O)c1[nH]cc[n+]1C. The number of aromatic nitrogens is 2. The van der Waals surface area contributed by atoms with Gasteiger partial charge in [0.25, 0.3) is 5.82 Å². The van der Waals surface area contributed by atoms with Crippen LogP contribution in [0.15, 0.2) is 36.7 Å². The van der Waals surface area contributed by atoms with Crippen molar-refractivity contribution >= 4 is 17.3 Å². The van der Waals surface area contributed by atoms with E-state index in [1.807, 2.05) is 37.0 Å². The fourth-order valence-corrected chi connectivity index (χ4v) is 2.06.